The van der Waals surface area contributed by atoms with Gasteiger partial charge in [0, 0.05) is 23.0 Å². The molecule has 0 bridgehead atoms. The highest BCUT2D eigenvalue weighted by molar-refractivity contribution is 9.10. The van der Waals surface area contributed by atoms with E-state index in [1.807, 2.05) is 36.4 Å². The Morgan fingerprint density at radius 2 is 1.92 bits per heavy atom. The van der Waals surface area contributed by atoms with Gasteiger partial charge in [0.05, 0.1) is 11.3 Å². The molecule has 5 nitrogen and oxygen atoms in total. The lowest BCUT2D eigenvalue weighted by molar-refractivity contribution is 0.317. The lowest BCUT2D eigenvalue weighted by Crippen LogP contribution is -2.21. The van der Waals surface area contributed by atoms with Crippen LogP contribution in [0.1, 0.15) is 34.6 Å². The summed E-state index contributed by atoms with van der Waals surface area (Å²) in [7, 11) is 0. The molecule has 6 heteroatoms. The van der Waals surface area contributed by atoms with Crippen molar-refractivity contribution in [3.63, 3.8) is 0 Å². The number of H-pyrrole nitrogens is 1. The Kier molecular flexibility index (Phi) is 5.63. The van der Waals surface area contributed by atoms with Crippen LogP contribution in [-0.2, 0) is 0 Å². The van der Waals surface area contributed by atoms with Crippen LogP contribution in [-0.4, -0.2) is 21.1 Å². The molecule has 3 rings (SSSR count). The van der Waals surface area contributed by atoms with Crippen LogP contribution in [0.3, 0.4) is 0 Å². The lowest BCUT2D eigenvalue weighted by atomic mass is 9.84. The second-order valence-corrected chi connectivity index (χ2v) is 6.93. The number of halogens is 1. The van der Waals surface area contributed by atoms with Gasteiger partial charge in [0.2, 0.25) is 0 Å². The SMILES string of the molecule is Cc1ccccc1[C@@H](C/C(=N/O)c1ccn[nH]c1=O)c1ccc(Br)cc1. The summed E-state index contributed by atoms with van der Waals surface area (Å²) < 4.78 is 0.992. The van der Waals surface area contributed by atoms with Crippen molar-refractivity contribution in [1.29, 1.82) is 0 Å². The largest absolute Gasteiger partial charge is 0.411 e. The van der Waals surface area contributed by atoms with Crippen LogP contribution >= 0.6 is 15.9 Å². The van der Waals surface area contributed by atoms with Gasteiger partial charge in [-0.15, -0.1) is 0 Å². The third-order valence-electron chi connectivity index (χ3n) is 4.39. The van der Waals surface area contributed by atoms with Gasteiger partial charge in [-0.1, -0.05) is 57.5 Å². The molecule has 0 fully saturated rings. The van der Waals surface area contributed by atoms with Gasteiger partial charge >= 0.3 is 0 Å². The first-order chi connectivity index (χ1) is 12.6. The van der Waals surface area contributed by atoms with Crippen LogP contribution in [0.2, 0.25) is 0 Å². The molecule has 0 aliphatic rings. The molecule has 2 N–H and O–H groups in total. The van der Waals surface area contributed by atoms with E-state index in [2.05, 4.69) is 50.3 Å². The number of aromatic nitrogens is 2. The predicted octanol–water partition coefficient (Wildman–Crippen LogP) is 4.24. The number of hydrogen-bond donors (Lipinski definition) is 2. The maximum absolute atomic E-state index is 12.1. The maximum Gasteiger partial charge on any atom is 0.273 e. The average Bonchev–Trinajstić information content (AvgIpc) is 2.65. The molecule has 3 aromatic rings. The van der Waals surface area contributed by atoms with Gasteiger partial charge in [-0.25, -0.2) is 5.10 Å². The fourth-order valence-corrected chi connectivity index (χ4v) is 3.31. The van der Waals surface area contributed by atoms with Crippen LogP contribution in [0.4, 0.5) is 0 Å². The maximum atomic E-state index is 12.1. The van der Waals surface area contributed by atoms with E-state index in [1.165, 1.54) is 6.20 Å². The summed E-state index contributed by atoms with van der Waals surface area (Å²) in [5.41, 5.74) is 3.61. The zero-order valence-electron chi connectivity index (χ0n) is 14.2. The number of aryl methyl sites for hydroxylation is 1. The molecule has 2 aromatic carbocycles. The molecule has 1 aromatic heterocycles. The van der Waals surface area contributed by atoms with Gasteiger partial charge in [-0.2, -0.15) is 5.10 Å². The standard InChI is InChI=1S/C20H18BrN3O2/c1-13-4-2-3-5-16(13)18(14-6-8-15(21)9-7-14)12-19(24-26)17-10-11-22-23-20(17)25/h2-11,18,26H,12H2,1H3,(H,23,25)/b24-19-/t18-/m0/s1. The quantitative estimate of drug-likeness (QED) is 0.374. The molecular formula is C20H18BrN3O2. The minimum atomic E-state index is -0.375. The second kappa shape index (κ2) is 8.10. The molecule has 0 saturated heterocycles. The third-order valence-corrected chi connectivity index (χ3v) is 4.92. The van der Waals surface area contributed by atoms with Crippen molar-refractivity contribution in [3.05, 3.63) is 97.9 Å². The van der Waals surface area contributed by atoms with Crippen LogP contribution in [0.25, 0.3) is 0 Å². The fourth-order valence-electron chi connectivity index (χ4n) is 3.05. The predicted molar refractivity (Wildman–Crippen MR) is 105 cm³/mol. The first-order valence-electron chi connectivity index (χ1n) is 8.16. The topological polar surface area (TPSA) is 78.3 Å². The summed E-state index contributed by atoms with van der Waals surface area (Å²) >= 11 is 3.46. The van der Waals surface area contributed by atoms with E-state index in [9.17, 15) is 10.0 Å². The Balaban J connectivity index is 2.06. The van der Waals surface area contributed by atoms with Crippen molar-refractivity contribution in [3.8, 4) is 0 Å². The average molecular weight is 412 g/mol. The van der Waals surface area contributed by atoms with E-state index in [4.69, 9.17) is 0 Å². The Bertz CT molecular complexity index is 981. The van der Waals surface area contributed by atoms with E-state index >= 15 is 0 Å². The number of nitrogens with one attached hydrogen (secondary N) is 1. The second-order valence-electron chi connectivity index (χ2n) is 6.01. The summed E-state index contributed by atoms with van der Waals surface area (Å²) in [6.45, 7) is 2.05. The molecule has 132 valence electrons. The van der Waals surface area contributed by atoms with Crippen molar-refractivity contribution >= 4 is 21.6 Å². The zero-order valence-corrected chi connectivity index (χ0v) is 15.8. The van der Waals surface area contributed by atoms with Gasteiger partial charge in [0.1, 0.15) is 0 Å². The third kappa shape index (κ3) is 3.91. The van der Waals surface area contributed by atoms with Crippen molar-refractivity contribution in [2.24, 2.45) is 5.16 Å². The number of benzene rings is 2. The summed E-state index contributed by atoms with van der Waals surface area (Å²) in [5, 5.41) is 19.1. The molecule has 1 atom stereocenters. The Labute approximate surface area is 159 Å². The zero-order chi connectivity index (χ0) is 18.5. The monoisotopic (exact) mass is 411 g/mol. The Morgan fingerprint density at radius 3 is 2.58 bits per heavy atom. The highest BCUT2D eigenvalue weighted by atomic mass is 79.9. The number of oxime groups is 1. The van der Waals surface area contributed by atoms with Crippen LogP contribution in [0.15, 0.2) is 75.2 Å². The van der Waals surface area contributed by atoms with Crippen LogP contribution in [0, 0.1) is 6.92 Å². The van der Waals surface area contributed by atoms with Crippen molar-refractivity contribution < 1.29 is 5.21 Å². The van der Waals surface area contributed by atoms with Gasteiger partial charge in [-0.05, 0) is 41.8 Å². The van der Waals surface area contributed by atoms with E-state index < -0.39 is 0 Å². The van der Waals surface area contributed by atoms with Crippen molar-refractivity contribution in [1.82, 2.24) is 10.2 Å². The Morgan fingerprint density at radius 1 is 1.19 bits per heavy atom. The van der Waals surface area contributed by atoms with E-state index in [1.54, 1.807) is 6.07 Å². The number of nitrogens with zero attached hydrogens (tertiary/aromatic N) is 2. The molecule has 0 spiro atoms. The first kappa shape index (κ1) is 18.1. The number of aromatic amines is 1. The molecule has 0 saturated carbocycles. The smallest absolute Gasteiger partial charge is 0.273 e. The minimum Gasteiger partial charge on any atom is -0.411 e. The highest BCUT2D eigenvalue weighted by Gasteiger charge is 2.21. The molecular weight excluding hydrogens is 394 g/mol. The summed E-state index contributed by atoms with van der Waals surface area (Å²) in [4.78, 5) is 12.1. The van der Waals surface area contributed by atoms with Gasteiger partial charge in [0.15, 0.2) is 0 Å². The van der Waals surface area contributed by atoms with Crippen LogP contribution in [0.5, 0.6) is 0 Å². The van der Waals surface area contributed by atoms with E-state index in [0.717, 1.165) is 21.2 Å². The number of rotatable bonds is 5. The minimum absolute atomic E-state index is 0.0530. The summed E-state index contributed by atoms with van der Waals surface area (Å²) in [5.74, 6) is -0.0530. The molecule has 1 heterocycles. The number of hydrogen-bond acceptors (Lipinski definition) is 4. The molecule has 0 radical (unpaired) electrons. The lowest BCUT2D eigenvalue weighted by Gasteiger charge is -2.20. The molecule has 0 amide bonds. The van der Waals surface area contributed by atoms with Gasteiger partial charge in [0.25, 0.3) is 5.56 Å². The fraction of sp³-hybridized carbons (Fsp3) is 0.150. The summed E-state index contributed by atoms with van der Waals surface area (Å²) in [6, 6.07) is 17.7. The van der Waals surface area contributed by atoms with Crippen molar-refractivity contribution in [2.45, 2.75) is 19.3 Å². The molecule has 26 heavy (non-hydrogen) atoms. The molecule has 0 unspecified atom stereocenters. The molecule has 0 aliphatic heterocycles. The van der Waals surface area contributed by atoms with Crippen molar-refractivity contribution in [2.75, 3.05) is 0 Å². The van der Waals surface area contributed by atoms with Gasteiger partial charge < -0.3 is 5.21 Å². The highest BCUT2D eigenvalue weighted by Crippen LogP contribution is 2.32. The Hall–Kier alpha value is -2.73. The first-order valence-corrected chi connectivity index (χ1v) is 8.95. The van der Waals surface area contributed by atoms with E-state index in [-0.39, 0.29) is 11.5 Å². The normalized spacial score (nSPS) is 12.8. The summed E-state index contributed by atoms with van der Waals surface area (Å²) in [6.07, 6.45) is 1.86. The molecule has 0 aliphatic carbocycles. The van der Waals surface area contributed by atoms with Gasteiger partial charge in [-0.3, -0.25) is 4.79 Å². The van der Waals surface area contributed by atoms with Crippen LogP contribution < -0.4 is 5.56 Å². The van der Waals surface area contributed by atoms with E-state index in [0.29, 0.717) is 17.7 Å².